The molecule has 1 N–H and O–H groups in total. The fourth-order valence-electron chi connectivity index (χ4n) is 3.12. The maximum absolute atomic E-state index is 12.7. The molecular formula is C19H22N2O4. The second-order valence-electron chi connectivity index (χ2n) is 6.34. The summed E-state index contributed by atoms with van der Waals surface area (Å²) >= 11 is 0. The first-order chi connectivity index (χ1) is 12.1. The number of carbonyl (C=O) groups excluding carboxylic acids is 2. The number of rotatable bonds is 4. The van der Waals surface area contributed by atoms with E-state index in [-0.39, 0.29) is 23.3 Å². The molecule has 6 heteroatoms. The summed E-state index contributed by atoms with van der Waals surface area (Å²) in [4.78, 5) is 38.5. The topological polar surface area (TPSA) is 79.6 Å². The third-order valence-electron chi connectivity index (χ3n) is 4.57. The van der Waals surface area contributed by atoms with Crippen molar-refractivity contribution in [1.82, 2.24) is 10.2 Å². The maximum Gasteiger partial charge on any atom is 0.349 e. The van der Waals surface area contributed by atoms with Gasteiger partial charge in [0.1, 0.15) is 11.1 Å². The van der Waals surface area contributed by atoms with Crippen LogP contribution < -0.4 is 10.9 Å². The lowest BCUT2D eigenvalue weighted by atomic mass is 9.95. The van der Waals surface area contributed by atoms with Crippen molar-refractivity contribution in [3.63, 3.8) is 0 Å². The molecule has 2 amide bonds. The third-order valence-corrected chi connectivity index (χ3v) is 4.57. The number of para-hydroxylation sites is 1. The predicted molar refractivity (Wildman–Crippen MR) is 94.4 cm³/mol. The number of nitrogens with zero attached hydrogens (tertiary/aromatic N) is 1. The Bertz CT molecular complexity index is 835. The minimum absolute atomic E-state index is 0.0487. The SMILES string of the molecule is CCCNC(=O)C1CCN(C(=O)c2cc3ccccc3oc2=O)CC1. The van der Waals surface area contributed by atoms with Gasteiger partial charge in [0.2, 0.25) is 5.91 Å². The number of piperidine rings is 1. The largest absolute Gasteiger partial charge is 0.422 e. The van der Waals surface area contributed by atoms with E-state index in [2.05, 4.69) is 5.32 Å². The van der Waals surface area contributed by atoms with Crippen LogP contribution in [0.4, 0.5) is 0 Å². The van der Waals surface area contributed by atoms with Crippen LogP contribution in [0.25, 0.3) is 11.0 Å². The van der Waals surface area contributed by atoms with E-state index in [1.165, 1.54) is 0 Å². The molecule has 2 aromatic rings. The van der Waals surface area contributed by atoms with Crippen LogP contribution in [-0.4, -0.2) is 36.3 Å². The van der Waals surface area contributed by atoms with Gasteiger partial charge in [-0.1, -0.05) is 25.1 Å². The number of fused-ring (bicyclic) bond motifs is 1. The molecule has 1 aromatic heterocycles. The Balaban J connectivity index is 1.70. The highest BCUT2D eigenvalue weighted by molar-refractivity contribution is 5.96. The zero-order valence-corrected chi connectivity index (χ0v) is 14.3. The van der Waals surface area contributed by atoms with E-state index in [1.54, 1.807) is 29.2 Å². The van der Waals surface area contributed by atoms with Crippen molar-refractivity contribution >= 4 is 22.8 Å². The molecule has 0 unspecified atom stereocenters. The second kappa shape index (κ2) is 7.51. The maximum atomic E-state index is 12.7. The molecule has 1 fully saturated rings. The average Bonchev–Trinajstić information content (AvgIpc) is 2.65. The number of hydrogen-bond donors (Lipinski definition) is 1. The van der Waals surface area contributed by atoms with Gasteiger partial charge in [-0.2, -0.15) is 0 Å². The van der Waals surface area contributed by atoms with Crippen molar-refractivity contribution in [3.8, 4) is 0 Å². The van der Waals surface area contributed by atoms with Crippen molar-refractivity contribution in [2.45, 2.75) is 26.2 Å². The standard InChI is InChI=1S/C19H22N2O4/c1-2-9-20-17(22)13-7-10-21(11-8-13)18(23)15-12-14-5-3-4-6-16(14)25-19(15)24/h3-6,12-13H,2,7-11H2,1H3,(H,20,22). The summed E-state index contributed by atoms with van der Waals surface area (Å²) in [6, 6.07) is 8.70. The van der Waals surface area contributed by atoms with Gasteiger partial charge in [0, 0.05) is 30.9 Å². The normalized spacial score (nSPS) is 15.3. The molecule has 0 bridgehead atoms. The first kappa shape index (κ1) is 17.2. The van der Waals surface area contributed by atoms with E-state index in [0.717, 1.165) is 11.8 Å². The summed E-state index contributed by atoms with van der Waals surface area (Å²) < 4.78 is 5.24. The number of nitrogens with one attached hydrogen (secondary N) is 1. The van der Waals surface area contributed by atoms with Crippen molar-refractivity contribution < 1.29 is 14.0 Å². The van der Waals surface area contributed by atoms with Crippen LogP contribution in [0.2, 0.25) is 0 Å². The lowest BCUT2D eigenvalue weighted by Crippen LogP contribution is -2.44. The molecule has 0 radical (unpaired) electrons. The van der Waals surface area contributed by atoms with Gasteiger partial charge in [0.05, 0.1) is 0 Å². The highest BCUT2D eigenvalue weighted by atomic mass is 16.4. The number of carbonyl (C=O) groups is 2. The van der Waals surface area contributed by atoms with Crippen LogP contribution in [0.15, 0.2) is 39.5 Å². The van der Waals surface area contributed by atoms with Gasteiger partial charge < -0.3 is 14.6 Å². The monoisotopic (exact) mass is 342 g/mol. The Morgan fingerprint density at radius 3 is 2.68 bits per heavy atom. The fraction of sp³-hybridized carbons (Fsp3) is 0.421. The Morgan fingerprint density at radius 1 is 1.24 bits per heavy atom. The van der Waals surface area contributed by atoms with Crippen LogP contribution in [0.3, 0.4) is 0 Å². The Labute approximate surface area is 145 Å². The van der Waals surface area contributed by atoms with Gasteiger partial charge in [-0.3, -0.25) is 9.59 Å². The summed E-state index contributed by atoms with van der Waals surface area (Å²) in [5.74, 6) is -0.338. The summed E-state index contributed by atoms with van der Waals surface area (Å²) in [7, 11) is 0. The molecule has 0 saturated carbocycles. The van der Waals surface area contributed by atoms with Gasteiger partial charge in [0.25, 0.3) is 5.91 Å². The molecule has 0 aliphatic carbocycles. The van der Waals surface area contributed by atoms with E-state index in [4.69, 9.17) is 4.42 Å². The fourth-order valence-corrected chi connectivity index (χ4v) is 3.12. The Kier molecular flexibility index (Phi) is 5.16. The minimum Gasteiger partial charge on any atom is -0.422 e. The van der Waals surface area contributed by atoms with Crippen molar-refractivity contribution in [3.05, 3.63) is 46.3 Å². The smallest absolute Gasteiger partial charge is 0.349 e. The van der Waals surface area contributed by atoms with E-state index in [1.807, 2.05) is 13.0 Å². The lowest BCUT2D eigenvalue weighted by molar-refractivity contribution is -0.126. The lowest BCUT2D eigenvalue weighted by Gasteiger charge is -2.31. The Morgan fingerprint density at radius 2 is 1.96 bits per heavy atom. The zero-order chi connectivity index (χ0) is 17.8. The number of benzene rings is 1. The van der Waals surface area contributed by atoms with Crippen LogP contribution in [0, 0.1) is 5.92 Å². The predicted octanol–water partition coefficient (Wildman–Crippen LogP) is 2.17. The zero-order valence-electron chi connectivity index (χ0n) is 14.3. The van der Waals surface area contributed by atoms with Crippen LogP contribution in [0.5, 0.6) is 0 Å². The highest BCUT2D eigenvalue weighted by Crippen LogP contribution is 2.20. The molecule has 3 rings (SSSR count). The highest BCUT2D eigenvalue weighted by Gasteiger charge is 2.29. The van der Waals surface area contributed by atoms with E-state index in [9.17, 15) is 14.4 Å². The molecule has 1 saturated heterocycles. The molecule has 25 heavy (non-hydrogen) atoms. The van der Waals surface area contributed by atoms with Gasteiger partial charge in [0.15, 0.2) is 0 Å². The van der Waals surface area contributed by atoms with E-state index in [0.29, 0.717) is 38.1 Å². The molecule has 1 aliphatic rings. The summed E-state index contributed by atoms with van der Waals surface area (Å²) in [6.07, 6.45) is 2.13. The second-order valence-corrected chi connectivity index (χ2v) is 6.34. The summed E-state index contributed by atoms with van der Waals surface area (Å²) in [6.45, 7) is 3.62. The van der Waals surface area contributed by atoms with Gasteiger partial charge in [-0.15, -0.1) is 0 Å². The first-order valence-electron chi connectivity index (χ1n) is 8.70. The van der Waals surface area contributed by atoms with Crippen molar-refractivity contribution in [2.24, 2.45) is 5.92 Å². The van der Waals surface area contributed by atoms with Crippen LogP contribution in [-0.2, 0) is 4.79 Å². The van der Waals surface area contributed by atoms with Crippen molar-refractivity contribution in [1.29, 1.82) is 0 Å². The molecule has 1 aromatic carbocycles. The van der Waals surface area contributed by atoms with E-state index >= 15 is 0 Å². The molecule has 6 nitrogen and oxygen atoms in total. The molecule has 1 aliphatic heterocycles. The quantitative estimate of drug-likeness (QED) is 0.864. The number of hydrogen-bond acceptors (Lipinski definition) is 4. The average molecular weight is 342 g/mol. The third kappa shape index (κ3) is 3.73. The summed E-state index contributed by atoms with van der Waals surface area (Å²) in [5.41, 5.74) is -0.102. The molecule has 132 valence electrons. The van der Waals surface area contributed by atoms with Gasteiger partial charge >= 0.3 is 5.63 Å². The van der Waals surface area contributed by atoms with Gasteiger partial charge in [-0.25, -0.2) is 4.79 Å². The number of likely N-dealkylation sites (tertiary alicyclic amines) is 1. The Hall–Kier alpha value is -2.63. The summed E-state index contributed by atoms with van der Waals surface area (Å²) in [5, 5.41) is 3.62. The molecule has 0 atom stereocenters. The minimum atomic E-state index is -0.619. The molecule has 2 heterocycles. The molecular weight excluding hydrogens is 320 g/mol. The number of amides is 2. The molecule has 0 spiro atoms. The first-order valence-corrected chi connectivity index (χ1v) is 8.70. The van der Waals surface area contributed by atoms with Crippen LogP contribution >= 0.6 is 0 Å². The van der Waals surface area contributed by atoms with E-state index < -0.39 is 5.63 Å². The van der Waals surface area contributed by atoms with Crippen molar-refractivity contribution in [2.75, 3.05) is 19.6 Å². The van der Waals surface area contributed by atoms with Crippen LogP contribution in [0.1, 0.15) is 36.5 Å². The van der Waals surface area contributed by atoms with Gasteiger partial charge in [-0.05, 0) is 31.4 Å².